The van der Waals surface area contributed by atoms with E-state index in [4.69, 9.17) is 23.2 Å². The van der Waals surface area contributed by atoms with Crippen molar-refractivity contribution in [3.63, 3.8) is 0 Å². The van der Waals surface area contributed by atoms with Crippen molar-refractivity contribution < 1.29 is 5.11 Å². The molecule has 0 bridgehead atoms. The van der Waals surface area contributed by atoms with Gasteiger partial charge in [0.2, 0.25) is 0 Å². The molecule has 88 valence electrons. The molecule has 2 aromatic rings. The zero-order valence-electron chi connectivity index (χ0n) is 8.86. The van der Waals surface area contributed by atoms with Crippen LogP contribution in [-0.4, -0.2) is 5.11 Å². The Morgan fingerprint density at radius 3 is 2.47 bits per heavy atom. The standard InChI is InChI=1S/C13H10Cl2OS/c14-10-2-1-3-12(7-10)17-13-5-4-11(15)6-9(13)8-16/h1-7,16H,8H2. The molecule has 2 aromatic carbocycles. The monoisotopic (exact) mass is 284 g/mol. The molecule has 1 nitrogen and oxygen atoms in total. The molecular weight excluding hydrogens is 275 g/mol. The Labute approximate surface area is 114 Å². The van der Waals surface area contributed by atoms with Gasteiger partial charge in [0.25, 0.3) is 0 Å². The van der Waals surface area contributed by atoms with E-state index in [0.717, 1.165) is 15.4 Å². The molecule has 0 unspecified atom stereocenters. The predicted molar refractivity (Wildman–Crippen MR) is 72.9 cm³/mol. The van der Waals surface area contributed by atoms with Gasteiger partial charge in [0.05, 0.1) is 6.61 Å². The Bertz CT molecular complexity index is 529. The molecule has 4 heteroatoms. The Kier molecular flexibility index (Phi) is 4.35. The van der Waals surface area contributed by atoms with Gasteiger partial charge in [-0.1, -0.05) is 41.0 Å². The number of aliphatic hydroxyl groups excluding tert-OH is 1. The highest BCUT2D eigenvalue weighted by Crippen LogP contribution is 2.33. The number of hydrogen-bond donors (Lipinski definition) is 1. The topological polar surface area (TPSA) is 20.2 Å². The van der Waals surface area contributed by atoms with E-state index in [9.17, 15) is 5.11 Å². The van der Waals surface area contributed by atoms with Crippen molar-refractivity contribution in [1.82, 2.24) is 0 Å². The molecule has 0 fully saturated rings. The lowest BCUT2D eigenvalue weighted by atomic mass is 10.2. The molecule has 2 rings (SSSR count). The smallest absolute Gasteiger partial charge is 0.0693 e. The van der Waals surface area contributed by atoms with E-state index in [1.807, 2.05) is 36.4 Å². The van der Waals surface area contributed by atoms with Crippen molar-refractivity contribution in [2.75, 3.05) is 0 Å². The summed E-state index contributed by atoms with van der Waals surface area (Å²) in [5.74, 6) is 0. The first-order chi connectivity index (χ1) is 8.19. The van der Waals surface area contributed by atoms with Crippen LogP contribution in [0.4, 0.5) is 0 Å². The van der Waals surface area contributed by atoms with Gasteiger partial charge in [-0.2, -0.15) is 0 Å². The first kappa shape index (κ1) is 12.8. The Hall–Kier alpha value is -0.670. The second-order valence-corrected chi connectivity index (χ2v) is 5.46. The maximum atomic E-state index is 9.28. The molecule has 0 amide bonds. The van der Waals surface area contributed by atoms with Crippen molar-refractivity contribution in [2.24, 2.45) is 0 Å². The minimum atomic E-state index is -0.0243. The van der Waals surface area contributed by atoms with Gasteiger partial charge in [-0.25, -0.2) is 0 Å². The number of benzene rings is 2. The second kappa shape index (κ2) is 5.78. The van der Waals surface area contributed by atoms with Gasteiger partial charge in [0.1, 0.15) is 0 Å². The van der Waals surface area contributed by atoms with Crippen molar-refractivity contribution >= 4 is 35.0 Å². The summed E-state index contributed by atoms with van der Waals surface area (Å²) < 4.78 is 0. The lowest BCUT2D eigenvalue weighted by Crippen LogP contribution is -1.87. The molecule has 0 heterocycles. The van der Waals surface area contributed by atoms with Crippen molar-refractivity contribution in [3.05, 3.63) is 58.1 Å². The van der Waals surface area contributed by atoms with Gasteiger partial charge in [-0.05, 0) is 42.0 Å². The van der Waals surface area contributed by atoms with Gasteiger partial charge < -0.3 is 5.11 Å². The summed E-state index contributed by atoms with van der Waals surface area (Å²) in [6.45, 7) is -0.0243. The predicted octanol–water partition coefficient (Wildman–Crippen LogP) is 4.64. The lowest BCUT2D eigenvalue weighted by Gasteiger charge is -2.07. The number of halogens is 2. The van der Waals surface area contributed by atoms with E-state index in [1.54, 1.807) is 17.8 Å². The van der Waals surface area contributed by atoms with Crippen LogP contribution >= 0.6 is 35.0 Å². The highest BCUT2D eigenvalue weighted by atomic mass is 35.5. The molecule has 0 saturated heterocycles. The fourth-order valence-corrected chi connectivity index (χ4v) is 2.86. The van der Waals surface area contributed by atoms with Gasteiger partial charge in [0.15, 0.2) is 0 Å². The summed E-state index contributed by atoms with van der Waals surface area (Å²) in [6.07, 6.45) is 0. The zero-order chi connectivity index (χ0) is 12.3. The zero-order valence-corrected chi connectivity index (χ0v) is 11.2. The van der Waals surface area contributed by atoms with Crippen LogP contribution in [0.1, 0.15) is 5.56 Å². The van der Waals surface area contributed by atoms with Crippen LogP contribution in [0.3, 0.4) is 0 Å². The summed E-state index contributed by atoms with van der Waals surface area (Å²) in [7, 11) is 0. The van der Waals surface area contributed by atoms with Gasteiger partial charge in [0, 0.05) is 19.8 Å². The summed E-state index contributed by atoms with van der Waals surface area (Å²) >= 11 is 13.4. The molecule has 1 N–H and O–H groups in total. The lowest BCUT2D eigenvalue weighted by molar-refractivity contribution is 0.279. The molecule has 0 aliphatic rings. The summed E-state index contributed by atoms with van der Waals surface area (Å²) in [6, 6.07) is 13.1. The maximum Gasteiger partial charge on any atom is 0.0693 e. The van der Waals surface area contributed by atoms with E-state index >= 15 is 0 Å². The van der Waals surface area contributed by atoms with Crippen LogP contribution in [0.15, 0.2) is 52.3 Å². The minimum absolute atomic E-state index is 0.0243. The van der Waals surface area contributed by atoms with Crippen LogP contribution in [0.2, 0.25) is 10.0 Å². The number of hydrogen-bond acceptors (Lipinski definition) is 2. The summed E-state index contributed by atoms with van der Waals surface area (Å²) in [4.78, 5) is 2.02. The van der Waals surface area contributed by atoms with Crippen LogP contribution in [0.5, 0.6) is 0 Å². The minimum Gasteiger partial charge on any atom is -0.392 e. The fourth-order valence-electron chi connectivity index (χ4n) is 1.43. The third-order valence-corrected chi connectivity index (χ3v) is 3.79. The Morgan fingerprint density at radius 1 is 1.00 bits per heavy atom. The van der Waals surface area contributed by atoms with E-state index in [0.29, 0.717) is 10.0 Å². The van der Waals surface area contributed by atoms with E-state index in [-0.39, 0.29) is 6.61 Å². The highest BCUT2D eigenvalue weighted by molar-refractivity contribution is 7.99. The first-order valence-electron chi connectivity index (χ1n) is 5.02. The molecule has 0 spiro atoms. The van der Waals surface area contributed by atoms with Crippen LogP contribution in [-0.2, 0) is 6.61 Å². The molecule has 0 aliphatic carbocycles. The fraction of sp³-hybridized carbons (Fsp3) is 0.0769. The average molecular weight is 285 g/mol. The molecule has 0 atom stereocenters. The van der Waals surface area contributed by atoms with Crippen LogP contribution in [0.25, 0.3) is 0 Å². The van der Waals surface area contributed by atoms with Crippen LogP contribution in [0, 0.1) is 0 Å². The van der Waals surface area contributed by atoms with Gasteiger partial charge in [-0.3, -0.25) is 0 Å². The quantitative estimate of drug-likeness (QED) is 0.886. The third-order valence-electron chi connectivity index (χ3n) is 2.22. The summed E-state index contributed by atoms with van der Waals surface area (Å²) in [5.41, 5.74) is 0.822. The third kappa shape index (κ3) is 3.39. The normalized spacial score (nSPS) is 10.5. The number of aliphatic hydroxyl groups is 1. The average Bonchev–Trinajstić information content (AvgIpc) is 2.31. The largest absolute Gasteiger partial charge is 0.392 e. The number of rotatable bonds is 3. The Morgan fingerprint density at radius 2 is 1.76 bits per heavy atom. The molecular formula is C13H10Cl2OS. The van der Waals surface area contributed by atoms with Crippen molar-refractivity contribution in [3.8, 4) is 0 Å². The second-order valence-electron chi connectivity index (χ2n) is 3.47. The van der Waals surface area contributed by atoms with Gasteiger partial charge in [-0.15, -0.1) is 0 Å². The Balaban J connectivity index is 2.29. The van der Waals surface area contributed by atoms with Crippen molar-refractivity contribution in [2.45, 2.75) is 16.4 Å². The van der Waals surface area contributed by atoms with Crippen LogP contribution < -0.4 is 0 Å². The highest BCUT2D eigenvalue weighted by Gasteiger charge is 2.05. The SMILES string of the molecule is OCc1cc(Cl)ccc1Sc1cccc(Cl)c1. The van der Waals surface area contributed by atoms with Gasteiger partial charge >= 0.3 is 0 Å². The molecule has 0 aliphatic heterocycles. The van der Waals surface area contributed by atoms with E-state index < -0.39 is 0 Å². The maximum absolute atomic E-state index is 9.28. The summed E-state index contributed by atoms with van der Waals surface area (Å²) in [5, 5.41) is 10.6. The molecule has 0 radical (unpaired) electrons. The molecule has 0 saturated carbocycles. The first-order valence-corrected chi connectivity index (χ1v) is 6.59. The van der Waals surface area contributed by atoms with E-state index in [1.165, 1.54) is 0 Å². The molecule has 17 heavy (non-hydrogen) atoms. The van der Waals surface area contributed by atoms with Crippen molar-refractivity contribution in [1.29, 1.82) is 0 Å². The van der Waals surface area contributed by atoms with E-state index in [2.05, 4.69) is 0 Å². The molecule has 0 aromatic heterocycles.